The minimum atomic E-state index is -0.860. The minimum absolute atomic E-state index is 0.228. The van der Waals surface area contributed by atoms with Gasteiger partial charge in [0.15, 0.2) is 0 Å². The molecule has 1 unspecified atom stereocenters. The van der Waals surface area contributed by atoms with E-state index in [-0.39, 0.29) is 11.5 Å². The monoisotopic (exact) mass is 446 g/mol. The Morgan fingerprint density at radius 1 is 1.09 bits per heavy atom. The average molecular weight is 447 g/mol. The van der Waals surface area contributed by atoms with Gasteiger partial charge in [-0.1, -0.05) is 76.2 Å². The number of hydrogen-bond acceptors (Lipinski definition) is 6. The van der Waals surface area contributed by atoms with Crippen molar-refractivity contribution in [3.63, 3.8) is 0 Å². The zero-order valence-electron chi connectivity index (χ0n) is 19.5. The van der Waals surface area contributed by atoms with E-state index in [1.807, 2.05) is 45.0 Å². The third-order valence-corrected chi connectivity index (χ3v) is 5.89. The summed E-state index contributed by atoms with van der Waals surface area (Å²) in [7, 11) is 0. The first-order valence-electron chi connectivity index (χ1n) is 11.2. The van der Waals surface area contributed by atoms with Crippen LogP contribution < -0.4 is 5.43 Å². The molecule has 33 heavy (non-hydrogen) atoms. The SMILES string of the molecule is CCCN1NC(C(C)(C)C)=C(C(=O)O)C1Cc1ccc(-c2ccccc2-c2nn[nH]n2)cc1. The Balaban J connectivity index is 1.64. The lowest BCUT2D eigenvalue weighted by Gasteiger charge is -2.27. The molecule has 0 aliphatic carbocycles. The fraction of sp³-hybridized carbons (Fsp3) is 0.360. The number of rotatable bonds is 7. The molecule has 1 aliphatic rings. The van der Waals surface area contributed by atoms with Crippen molar-refractivity contribution >= 4 is 5.97 Å². The van der Waals surface area contributed by atoms with Crippen molar-refractivity contribution < 1.29 is 9.90 Å². The first-order chi connectivity index (χ1) is 15.8. The topological polar surface area (TPSA) is 107 Å². The van der Waals surface area contributed by atoms with Crippen LogP contribution in [-0.4, -0.2) is 49.3 Å². The smallest absolute Gasteiger partial charge is 0.335 e. The summed E-state index contributed by atoms with van der Waals surface area (Å²) in [5.74, 6) is -0.311. The van der Waals surface area contributed by atoms with Crippen LogP contribution in [0.2, 0.25) is 0 Å². The van der Waals surface area contributed by atoms with Gasteiger partial charge in [-0.05, 0) is 34.7 Å². The van der Waals surface area contributed by atoms with Gasteiger partial charge in [0, 0.05) is 23.2 Å². The summed E-state index contributed by atoms with van der Waals surface area (Å²) >= 11 is 0. The van der Waals surface area contributed by atoms with Crippen LogP contribution in [0.5, 0.6) is 0 Å². The van der Waals surface area contributed by atoms with Crippen molar-refractivity contribution in [3.8, 4) is 22.5 Å². The molecular formula is C25H30N6O2. The molecule has 8 nitrogen and oxygen atoms in total. The summed E-state index contributed by atoms with van der Waals surface area (Å²) in [4.78, 5) is 12.3. The predicted molar refractivity (Wildman–Crippen MR) is 127 cm³/mol. The van der Waals surface area contributed by atoms with Crippen molar-refractivity contribution in [2.45, 2.75) is 46.6 Å². The van der Waals surface area contributed by atoms with E-state index in [9.17, 15) is 9.90 Å². The van der Waals surface area contributed by atoms with Gasteiger partial charge >= 0.3 is 5.97 Å². The largest absolute Gasteiger partial charge is 0.478 e. The van der Waals surface area contributed by atoms with Crippen LogP contribution in [0, 0.1) is 5.41 Å². The van der Waals surface area contributed by atoms with Crippen molar-refractivity contribution in [2.24, 2.45) is 5.41 Å². The molecular weight excluding hydrogens is 416 g/mol. The van der Waals surface area contributed by atoms with E-state index in [4.69, 9.17) is 0 Å². The van der Waals surface area contributed by atoms with Crippen LogP contribution in [0.15, 0.2) is 59.8 Å². The number of aliphatic carboxylic acids is 1. The molecule has 0 saturated carbocycles. The highest BCUT2D eigenvalue weighted by molar-refractivity contribution is 5.90. The molecule has 0 bridgehead atoms. The maximum absolute atomic E-state index is 12.3. The number of carboxylic acids is 1. The first kappa shape index (κ1) is 22.7. The zero-order chi connectivity index (χ0) is 23.6. The van der Waals surface area contributed by atoms with Gasteiger partial charge in [0.1, 0.15) is 0 Å². The van der Waals surface area contributed by atoms with E-state index in [0.717, 1.165) is 40.9 Å². The van der Waals surface area contributed by atoms with Crippen molar-refractivity contribution in [1.82, 2.24) is 31.1 Å². The molecule has 172 valence electrons. The highest BCUT2D eigenvalue weighted by atomic mass is 16.4. The molecule has 2 aromatic carbocycles. The maximum atomic E-state index is 12.3. The van der Waals surface area contributed by atoms with Gasteiger partial charge in [0.2, 0.25) is 5.82 Å². The van der Waals surface area contributed by atoms with Gasteiger partial charge in [-0.15, -0.1) is 10.2 Å². The quantitative estimate of drug-likeness (QED) is 0.502. The second-order valence-corrected chi connectivity index (χ2v) is 9.35. The van der Waals surface area contributed by atoms with Crippen molar-refractivity contribution in [3.05, 3.63) is 65.4 Å². The number of allylic oxidation sites excluding steroid dienone is 1. The van der Waals surface area contributed by atoms with Crippen LogP contribution >= 0.6 is 0 Å². The van der Waals surface area contributed by atoms with Crippen LogP contribution in [0.4, 0.5) is 0 Å². The summed E-state index contributed by atoms with van der Waals surface area (Å²) in [5.41, 5.74) is 8.41. The first-order valence-corrected chi connectivity index (χ1v) is 11.2. The Morgan fingerprint density at radius 2 is 1.79 bits per heavy atom. The number of aromatic amines is 1. The standard InChI is InChI=1S/C25H30N6O2/c1-5-14-31-20(21(24(32)33)22(28-31)25(2,3)4)15-16-10-12-17(13-11-16)18-8-6-7-9-19(18)23-26-29-30-27-23/h6-13,20,28H,5,14-15H2,1-4H3,(H,32,33)(H,26,27,29,30). The number of nitrogens with one attached hydrogen (secondary N) is 2. The van der Waals surface area contributed by atoms with E-state index in [2.05, 4.69) is 62.2 Å². The highest BCUT2D eigenvalue weighted by Crippen LogP contribution is 2.35. The van der Waals surface area contributed by atoms with Gasteiger partial charge in [-0.2, -0.15) is 5.21 Å². The number of carboxylic acid groups (broad SMARTS) is 1. The molecule has 0 spiro atoms. The van der Waals surface area contributed by atoms with Crippen LogP contribution in [0.1, 0.15) is 39.7 Å². The summed E-state index contributed by atoms with van der Waals surface area (Å²) < 4.78 is 0. The number of hydrogen-bond donors (Lipinski definition) is 3. The van der Waals surface area contributed by atoms with E-state index in [1.165, 1.54) is 0 Å². The molecule has 2 heterocycles. The number of benzene rings is 2. The van der Waals surface area contributed by atoms with Crippen molar-refractivity contribution in [2.75, 3.05) is 6.54 Å². The number of nitrogens with zero attached hydrogens (tertiary/aromatic N) is 4. The molecule has 0 saturated heterocycles. The second-order valence-electron chi connectivity index (χ2n) is 9.35. The van der Waals surface area contributed by atoms with Gasteiger partial charge in [0.05, 0.1) is 11.6 Å². The normalized spacial score (nSPS) is 16.8. The number of carbonyl (C=O) groups is 1. The summed E-state index contributed by atoms with van der Waals surface area (Å²) in [6, 6.07) is 16.0. The van der Waals surface area contributed by atoms with Crippen molar-refractivity contribution in [1.29, 1.82) is 0 Å². The summed E-state index contributed by atoms with van der Waals surface area (Å²) in [5, 5.41) is 26.5. The number of tetrazole rings is 1. The molecule has 0 radical (unpaired) electrons. The Bertz CT molecular complexity index is 1150. The average Bonchev–Trinajstić information content (AvgIpc) is 3.43. The lowest BCUT2D eigenvalue weighted by molar-refractivity contribution is -0.133. The third-order valence-electron chi connectivity index (χ3n) is 5.89. The van der Waals surface area contributed by atoms with Gasteiger partial charge in [0.25, 0.3) is 0 Å². The number of H-pyrrole nitrogens is 1. The maximum Gasteiger partial charge on any atom is 0.335 e. The van der Waals surface area contributed by atoms with Gasteiger partial charge in [-0.25, -0.2) is 9.80 Å². The van der Waals surface area contributed by atoms with Crippen LogP contribution in [0.3, 0.4) is 0 Å². The highest BCUT2D eigenvalue weighted by Gasteiger charge is 2.40. The Hall–Kier alpha value is -3.52. The number of aromatic nitrogens is 4. The van der Waals surface area contributed by atoms with E-state index >= 15 is 0 Å². The summed E-state index contributed by atoms with van der Waals surface area (Å²) in [6.07, 6.45) is 1.54. The molecule has 4 rings (SSSR count). The predicted octanol–water partition coefficient (Wildman–Crippen LogP) is 4.06. The molecule has 1 aromatic heterocycles. The molecule has 0 fully saturated rings. The lowest BCUT2D eigenvalue weighted by atomic mass is 9.86. The van der Waals surface area contributed by atoms with Gasteiger partial charge < -0.3 is 10.5 Å². The third kappa shape index (κ3) is 4.66. The fourth-order valence-electron chi connectivity index (χ4n) is 4.34. The zero-order valence-corrected chi connectivity index (χ0v) is 19.5. The minimum Gasteiger partial charge on any atom is -0.478 e. The fourth-order valence-corrected chi connectivity index (χ4v) is 4.34. The summed E-state index contributed by atoms with van der Waals surface area (Å²) in [6.45, 7) is 9.00. The van der Waals surface area contributed by atoms with E-state index < -0.39 is 5.97 Å². The van der Waals surface area contributed by atoms with Crippen LogP contribution in [-0.2, 0) is 11.2 Å². The Labute approximate surface area is 193 Å². The molecule has 1 aliphatic heterocycles. The van der Waals surface area contributed by atoms with E-state index in [1.54, 1.807) is 0 Å². The van der Waals surface area contributed by atoms with E-state index in [0.29, 0.717) is 17.8 Å². The second kappa shape index (κ2) is 9.15. The molecule has 1 atom stereocenters. The molecule has 0 amide bonds. The molecule has 3 N–H and O–H groups in total. The number of hydrazine groups is 1. The Kier molecular flexibility index (Phi) is 6.29. The Morgan fingerprint density at radius 3 is 2.36 bits per heavy atom. The lowest BCUT2D eigenvalue weighted by Crippen LogP contribution is -2.42. The van der Waals surface area contributed by atoms with Gasteiger partial charge in [-0.3, -0.25) is 0 Å². The van der Waals surface area contributed by atoms with Crippen LogP contribution in [0.25, 0.3) is 22.5 Å². The molecule has 3 aromatic rings. The molecule has 8 heteroatoms.